The standard InChI is InChI=1S/C26H20F3N7O4S/c1-39-18-8-4-15(5-9-18)13-40-21-12-31-20(11-32-21)35-24(38)22-19(23(30)37)10-33-36(22)34-25(35)41-14-16-2-6-17(7-3-16)26(27,28)29/h2-12H,13-14H2,1H3,(H2,30,37). The Bertz CT molecular complexity index is 1750. The maximum absolute atomic E-state index is 13.6. The third kappa shape index (κ3) is 5.99. The van der Waals surface area contributed by atoms with Gasteiger partial charge in [0.15, 0.2) is 16.5 Å². The lowest BCUT2D eigenvalue weighted by atomic mass is 10.1. The number of alkyl halides is 3. The summed E-state index contributed by atoms with van der Waals surface area (Å²) >= 11 is 1.05. The molecule has 0 radical (unpaired) electrons. The molecular weight excluding hydrogens is 563 g/mol. The monoisotopic (exact) mass is 583 g/mol. The van der Waals surface area contributed by atoms with Gasteiger partial charge in [0.1, 0.15) is 12.4 Å². The maximum Gasteiger partial charge on any atom is 0.416 e. The Balaban J connectivity index is 1.44. The molecule has 0 bridgehead atoms. The fraction of sp³-hybridized carbons (Fsp3) is 0.154. The first-order valence-electron chi connectivity index (χ1n) is 11.8. The Morgan fingerprint density at radius 2 is 1.71 bits per heavy atom. The summed E-state index contributed by atoms with van der Waals surface area (Å²) in [5.74, 6) is 0.250. The Kier molecular flexibility index (Phi) is 7.61. The van der Waals surface area contributed by atoms with Crippen LogP contribution in [0.5, 0.6) is 11.6 Å². The molecule has 15 heteroatoms. The number of thioether (sulfide) groups is 1. The Labute approximate surface area is 233 Å². The minimum Gasteiger partial charge on any atom is -0.497 e. The normalized spacial score (nSPS) is 11.5. The van der Waals surface area contributed by atoms with Gasteiger partial charge in [0, 0.05) is 5.75 Å². The zero-order valence-electron chi connectivity index (χ0n) is 21.2. The molecule has 3 aromatic heterocycles. The maximum atomic E-state index is 13.6. The topological polar surface area (TPSA) is 140 Å². The van der Waals surface area contributed by atoms with Crippen LogP contribution in [-0.4, -0.2) is 42.4 Å². The zero-order valence-corrected chi connectivity index (χ0v) is 22.0. The highest BCUT2D eigenvalue weighted by Gasteiger charge is 2.30. The van der Waals surface area contributed by atoms with Gasteiger partial charge in [-0.25, -0.2) is 14.5 Å². The summed E-state index contributed by atoms with van der Waals surface area (Å²) in [6.07, 6.45) is -0.709. The van der Waals surface area contributed by atoms with Gasteiger partial charge >= 0.3 is 6.18 Å². The second kappa shape index (κ2) is 11.3. The highest BCUT2D eigenvalue weighted by molar-refractivity contribution is 7.98. The van der Waals surface area contributed by atoms with Crippen LogP contribution >= 0.6 is 11.8 Å². The number of aromatic nitrogens is 6. The molecule has 1 amide bonds. The molecule has 0 fully saturated rings. The smallest absolute Gasteiger partial charge is 0.416 e. The molecule has 0 aliphatic heterocycles. The van der Waals surface area contributed by atoms with Crippen molar-refractivity contribution in [2.45, 2.75) is 23.7 Å². The van der Waals surface area contributed by atoms with Gasteiger partial charge in [-0.2, -0.15) is 18.3 Å². The molecule has 0 atom stereocenters. The molecule has 0 aliphatic carbocycles. The van der Waals surface area contributed by atoms with Crippen LogP contribution in [0.2, 0.25) is 0 Å². The summed E-state index contributed by atoms with van der Waals surface area (Å²) in [4.78, 5) is 34.0. The van der Waals surface area contributed by atoms with E-state index < -0.39 is 23.2 Å². The number of benzene rings is 2. The number of methoxy groups -OCH3 is 1. The molecular formula is C26H20F3N7O4S. The van der Waals surface area contributed by atoms with E-state index in [-0.39, 0.29) is 40.3 Å². The number of nitrogens with two attached hydrogens (primary N) is 1. The minimum atomic E-state index is -4.46. The van der Waals surface area contributed by atoms with Crippen molar-refractivity contribution in [3.63, 3.8) is 0 Å². The van der Waals surface area contributed by atoms with E-state index in [1.165, 1.54) is 24.5 Å². The van der Waals surface area contributed by atoms with Crippen LogP contribution in [0.15, 0.2) is 77.1 Å². The van der Waals surface area contributed by atoms with Gasteiger partial charge in [0.25, 0.3) is 11.5 Å². The number of primary amides is 1. The minimum absolute atomic E-state index is 0.0633. The molecule has 0 spiro atoms. The van der Waals surface area contributed by atoms with Crippen LogP contribution in [0, 0.1) is 0 Å². The molecule has 2 N–H and O–H groups in total. The van der Waals surface area contributed by atoms with Crippen molar-refractivity contribution in [3.8, 4) is 17.4 Å². The van der Waals surface area contributed by atoms with Gasteiger partial charge in [-0.1, -0.05) is 36.0 Å². The first-order chi connectivity index (χ1) is 19.6. The van der Waals surface area contributed by atoms with Crippen LogP contribution in [0.1, 0.15) is 27.0 Å². The number of hydrogen-bond donors (Lipinski definition) is 1. The van der Waals surface area contributed by atoms with Crippen molar-refractivity contribution < 1.29 is 27.4 Å². The summed E-state index contributed by atoms with van der Waals surface area (Å²) < 4.78 is 51.7. The first kappa shape index (κ1) is 27.6. The van der Waals surface area contributed by atoms with E-state index in [0.717, 1.165) is 44.9 Å². The van der Waals surface area contributed by atoms with Crippen molar-refractivity contribution >= 4 is 23.2 Å². The average Bonchev–Trinajstić information content (AvgIpc) is 3.40. The first-order valence-corrected chi connectivity index (χ1v) is 12.8. The SMILES string of the molecule is COc1ccc(COc2cnc(-n3c(SCc4ccc(C(F)(F)F)cc4)nn4ncc(C(N)=O)c4c3=O)cn2)cc1. The number of hydrogen-bond acceptors (Lipinski definition) is 9. The third-order valence-electron chi connectivity index (χ3n) is 5.83. The Morgan fingerprint density at radius 1 is 1.00 bits per heavy atom. The van der Waals surface area contributed by atoms with Crippen LogP contribution < -0.4 is 20.8 Å². The lowest BCUT2D eigenvalue weighted by Crippen LogP contribution is -2.27. The van der Waals surface area contributed by atoms with Crippen LogP contribution in [0.4, 0.5) is 13.2 Å². The second-order valence-electron chi connectivity index (χ2n) is 8.52. The van der Waals surface area contributed by atoms with Gasteiger partial charge in [-0.15, -0.1) is 9.73 Å². The van der Waals surface area contributed by atoms with E-state index in [9.17, 15) is 22.8 Å². The number of carbonyl (C=O) groups is 1. The molecule has 2 aromatic carbocycles. The molecule has 0 unspecified atom stereocenters. The largest absolute Gasteiger partial charge is 0.497 e. The second-order valence-corrected chi connectivity index (χ2v) is 9.46. The number of amides is 1. The van der Waals surface area contributed by atoms with Crippen LogP contribution in [0.25, 0.3) is 11.3 Å². The number of halogens is 3. The molecule has 5 aromatic rings. The van der Waals surface area contributed by atoms with Crippen molar-refractivity contribution in [1.82, 2.24) is 29.4 Å². The number of carbonyl (C=O) groups excluding carboxylic acids is 1. The van der Waals surface area contributed by atoms with Gasteiger partial charge in [-0.05, 0) is 35.4 Å². The van der Waals surface area contributed by atoms with E-state index in [4.69, 9.17) is 15.2 Å². The summed E-state index contributed by atoms with van der Waals surface area (Å²) in [6, 6.07) is 11.9. The summed E-state index contributed by atoms with van der Waals surface area (Å²) in [5.41, 5.74) is 5.05. The lowest BCUT2D eigenvalue weighted by molar-refractivity contribution is -0.137. The molecule has 0 saturated carbocycles. The van der Waals surface area contributed by atoms with Gasteiger partial charge in [0.05, 0.1) is 36.8 Å². The van der Waals surface area contributed by atoms with Crippen LogP contribution in [-0.2, 0) is 18.5 Å². The summed E-state index contributed by atoms with van der Waals surface area (Å²) in [7, 11) is 1.57. The summed E-state index contributed by atoms with van der Waals surface area (Å²) in [5, 5.41) is 8.39. The van der Waals surface area contributed by atoms with Gasteiger partial charge in [0.2, 0.25) is 5.88 Å². The van der Waals surface area contributed by atoms with E-state index in [0.29, 0.717) is 11.3 Å². The molecule has 41 heavy (non-hydrogen) atoms. The quantitative estimate of drug-likeness (QED) is 0.258. The molecule has 210 valence electrons. The van der Waals surface area contributed by atoms with Crippen LogP contribution in [0.3, 0.4) is 0 Å². The van der Waals surface area contributed by atoms with Crippen molar-refractivity contribution in [3.05, 3.63) is 99.7 Å². The molecule has 3 heterocycles. The van der Waals surface area contributed by atoms with E-state index in [2.05, 4.69) is 20.2 Å². The molecule has 5 rings (SSSR count). The predicted octanol–water partition coefficient (Wildman–Crippen LogP) is 3.67. The molecule has 0 saturated heterocycles. The van der Waals surface area contributed by atoms with E-state index in [1.807, 2.05) is 12.1 Å². The molecule has 11 nitrogen and oxygen atoms in total. The Hall–Kier alpha value is -4.92. The average molecular weight is 584 g/mol. The predicted molar refractivity (Wildman–Crippen MR) is 141 cm³/mol. The highest BCUT2D eigenvalue weighted by Crippen LogP contribution is 2.30. The fourth-order valence-electron chi connectivity index (χ4n) is 3.73. The summed E-state index contributed by atoms with van der Waals surface area (Å²) in [6.45, 7) is 0.206. The third-order valence-corrected chi connectivity index (χ3v) is 6.83. The number of fused-ring (bicyclic) bond motifs is 1. The highest BCUT2D eigenvalue weighted by atomic mass is 32.2. The Morgan fingerprint density at radius 3 is 2.32 bits per heavy atom. The number of ether oxygens (including phenoxy) is 2. The van der Waals surface area contributed by atoms with Gasteiger partial charge in [-0.3, -0.25) is 9.59 Å². The number of rotatable bonds is 9. The molecule has 0 aliphatic rings. The van der Waals surface area contributed by atoms with Gasteiger partial charge < -0.3 is 15.2 Å². The zero-order chi connectivity index (χ0) is 29.1. The van der Waals surface area contributed by atoms with Crippen molar-refractivity contribution in [2.24, 2.45) is 5.73 Å². The fourth-order valence-corrected chi connectivity index (χ4v) is 4.65. The van der Waals surface area contributed by atoms with E-state index >= 15 is 0 Å². The number of nitrogens with zero attached hydrogens (tertiary/aromatic N) is 6. The lowest BCUT2D eigenvalue weighted by Gasteiger charge is -2.12. The van der Waals surface area contributed by atoms with Crippen molar-refractivity contribution in [1.29, 1.82) is 0 Å². The van der Waals surface area contributed by atoms with Crippen molar-refractivity contribution in [2.75, 3.05) is 7.11 Å². The van der Waals surface area contributed by atoms with E-state index in [1.54, 1.807) is 19.2 Å².